The third-order valence-electron chi connectivity index (χ3n) is 8.39. The number of fused-ring (bicyclic) bond motifs is 3. The average Bonchev–Trinajstić information content (AvgIpc) is 3.54. The first kappa shape index (κ1) is 30.0. The van der Waals surface area contributed by atoms with E-state index >= 15 is 0 Å². The summed E-state index contributed by atoms with van der Waals surface area (Å²) in [5, 5.41) is 0.550. The Hall–Kier alpha value is -5.70. The molecule has 2 aliphatic rings. The predicted molar refractivity (Wildman–Crippen MR) is 184 cm³/mol. The number of rotatable bonds is 10. The number of benzene rings is 4. The second-order valence-electron chi connectivity index (χ2n) is 11.4. The minimum atomic E-state index is -0.141. The topological polar surface area (TPSA) is 95.2 Å². The second-order valence-corrected chi connectivity index (χ2v) is 11.4. The van der Waals surface area contributed by atoms with Gasteiger partial charge in [0.1, 0.15) is 11.6 Å². The van der Waals surface area contributed by atoms with E-state index in [1.807, 2.05) is 96.1 Å². The van der Waals surface area contributed by atoms with Crippen molar-refractivity contribution < 1.29 is 19.0 Å². The van der Waals surface area contributed by atoms with Crippen LogP contribution in [-0.4, -0.2) is 59.5 Å². The molecular weight excluding hydrogens is 592 g/mol. The number of carbonyl (C=O) groups excluding carboxylic acids is 1. The van der Waals surface area contributed by atoms with Gasteiger partial charge in [-0.15, -0.1) is 0 Å². The van der Waals surface area contributed by atoms with Gasteiger partial charge in [-0.1, -0.05) is 48.5 Å². The molecule has 9 nitrogen and oxygen atoms in total. The first-order chi connectivity index (χ1) is 23.1. The summed E-state index contributed by atoms with van der Waals surface area (Å²) in [6.45, 7) is 1.54. The third kappa shape index (κ3) is 6.24. The number of carbonyl (C=O) groups is 1. The standard InChI is InChI=1S/C38H34N4O5/c1-45-34-23-31-33(39-25-28-11-7-20-41(28)37(31)43)24-35(34)47-22-8-21-46-29-17-15-27(16-18-29)42-36(19-14-26-9-3-2-4-10-26)40-32-13-6-5-12-30(32)38(42)44/h2-6,9-10,12-19,23-25,28H,7-8,11,20-22H2,1H3/b19-14+/t28-/m0/s1. The van der Waals surface area contributed by atoms with Gasteiger partial charge in [0.2, 0.25) is 0 Å². The number of methoxy groups -OCH3 is 1. The zero-order chi connectivity index (χ0) is 32.2. The van der Waals surface area contributed by atoms with Gasteiger partial charge in [0, 0.05) is 25.2 Å². The lowest BCUT2D eigenvalue weighted by atomic mass is 10.1. The first-order valence-corrected chi connectivity index (χ1v) is 15.8. The summed E-state index contributed by atoms with van der Waals surface area (Å²) >= 11 is 0. The van der Waals surface area contributed by atoms with Gasteiger partial charge in [0.15, 0.2) is 11.5 Å². The monoisotopic (exact) mass is 626 g/mol. The highest BCUT2D eigenvalue weighted by Gasteiger charge is 2.32. The predicted octanol–water partition coefficient (Wildman–Crippen LogP) is 6.73. The van der Waals surface area contributed by atoms with E-state index in [9.17, 15) is 9.59 Å². The van der Waals surface area contributed by atoms with Crippen molar-refractivity contribution in [3.05, 3.63) is 118 Å². The highest BCUT2D eigenvalue weighted by molar-refractivity contribution is 6.03. The molecule has 0 unspecified atom stereocenters. The Bertz CT molecular complexity index is 2040. The van der Waals surface area contributed by atoms with Crippen LogP contribution in [0.5, 0.6) is 17.2 Å². The number of para-hydroxylation sites is 1. The molecule has 0 bridgehead atoms. The van der Waals surface area contributed by atoms with Gasteiger partial charge in [0.25, 0.3) is 11.5 Å². The fraction of sp³-hybridized carbons (Fsp3) is 0.211. The van der Waals surface area contributed by atoms with Crippen LogP contribution in [0.15, 0.2) is 101 Å². The molecule has 0 radical (unpaired) electrons. The Morgan fingerprint density at radius 3 is 2.49 bits per heavy atom. The summed E-state index contributed by atoms with van der Waals surface area (Å²) in [6.07, 6.45) is 8.20. The molecule has 3 heterocycles. The third-order valence-corrected chi connectivity index (χ3v) is 8.39. The van der Waals surface area contributed by atoms with Crippen molar-refractivity contribution in [2.45, 2.75) is 25.3 Å². The summed E-state index contributed by atoms with van der Waals surface area (Å²) < 4.78 is 19.2. The van der Waals surface area contributed by atoms with Gasteiger partial charge in [0.05, 0.1) is 54.2 Å². The molecule has 0 saturated carbocycles. The van der Waals surface area contributed by atoms with Gasteiger partial charge >= 0.3 is 0 Å². The molecule has 47 heavy (non-hydrogen) atoms. The molecule has 0 aliphatic carbocycles. The first-order valence-electron chi connectivity index (χ1n) is 15.8. The van der Waals surface area contributed by atoms with E-state index < -0.39 is 0 Å². The Kier molecular flexibility index (Phi) is 8.51. The molecule has 1 amide bonds. The molecule has 1 atom stereocenters. The van der Waals surface area contributed by atoms with Crippen LogP contribution in [0.3, 0.4) is 0 Å². The Labute approximate surface area is 272 Å². The molecule has 1 aromatic heterocycles. The van der Waals surface area contributed by atoms with Crippen molar-refractivity contribution in [1.82, 2.24) is 14.5 Å². The summed E-state index contributed by atoms with van der Waals surface area (Å²) in [5.74, 6) is 2.22. The summed E-state index contributed by atoms with van der Waals surface area (Å²) in [6, 6.07) is 28.2. The van der Waals surface area contributed by atoms with Gasteiger partial charge in [-0.25, -0.2) is 4.98 Å². The minimum Gasteiger partial charge on any atom is -0.493 e. The van der Waals surface area contributed by atoms with Crippen LogP contribution in [0.2, 0.25) is 0 Å². The normalized spacial score (nSPS) is 15.5. The lowest BCUT2D eigenvalue weighted by molar-refractivity contribution is 0.0774. The molecular formula is C38H34N4O5. The van der Waals surface area contributed by atoms with Crippen LogP contribution >= 0.6 is 0 Å². The van der Waals surface area contributed by atoms with E-state index in [1.54, 1.807) is 29.9 Å². The maximum absolute atomic E-state index is 13.6. The van der Waals surface area contributed by atoms with E-state index in [0.717, 1.165) is 24.9 Å². The Morgan fingerprint density at radius 2 is 1.66 bits per heavy atom. The number of ether oxygens (including phenoxy) is 3. The van der Waals surface area contributed by atoms with Crippen molar-refractivity contribution in [2.24, 2.45) is 4.99 Å². The molecule has 4 aromatic carbocycles. The van der Waals surface area contributed by atoms with Crippen LogP contribution < -0.4 is 19.8 Å². The van der Waals surface area contributed by atoms with E-state index in [4.69, 9.17) is 19.2 Å². The molecule has 236 valence electrons. The van der Waals surface area contributed by atoms with Gasteiger partial charge in [-0.05, 0) is 66.9 Å². The fourth-order valence-corrected chi connectivity index (χ4v) is 5.99. The Balaban J connectivity index is 1.02. The van der Waals surface area contributed by atoms with Crippen LogP contribution in [0, 0.1) is 0 Å². The molecule has 0 N–H and O–H groups in total. The van der Waals surface area contributed by atoms with Gasteiger partial charge in [-0.2, -0.15) is 0 Å². The van der Waals surface area contributed by atoms with Gasteiger partial charge in [-0.3, -0.25) is 19.1 Å². The molecule has 1 saturated heterocycles. The van der Waals surface area contributed by atoms with E-state index in [-0.39, 0.29) is 17.5 Å². The van der Waals surface area contributed by atoms with Gasteiger partial charge < -0.3 is 19.1 Å². The number of hydrogen-bond donors (Lipinski definition) is 0. The van der Waals surface area contributed by atoms with Crippen LogP contribution in [-0.2, 0) is 0 Å². The lowest BCUT2D eigenvalue weighted by Gasteiger charge is -2.20. The van der Waals surface area contributed by atoms with E-state index in [1.165, 1.54) is 0 Å². The van der Waals surface area contributed by atoms with Crippen LogP contribution in [0.1, 0.15) is 41.0 Å². The number of amides is 1. The molecule has 9 heteroatoms. The second kappa shape index (κ2) is 13.3. The largest absolute Gasteiger partial charge is 0.493 e. The zero-order valence-corrected chi connectivity index (χ0v) is 26.0. The van der Waals surface area contributed by atoms with Crippen LogP contribution in [0.4, 0.5) is 5.69 Å². The van der Waals surface area contributed by atoms with Crippen molar-refractivity contribution in [3.63, 3.8) is 0 Å². The highest BCUT2D eigenvalue weighted by atomic mass is 16.5. The van der Waals surface area contributed by atoms with Crippen molar-refractivity contribution in [1.29, 1.82) is 0 Å². The van der Waals surface area contributed by atoms with Crippen molar-refractivity contribution in [2.75, 3.05) is 26.9 Å². The van der Waals surface area contributed by atoms with Crippen molar-refractivity contribution >= 4 is 40.9 Å². The van der Waals surface area contributed by atoms with E-state index in [2.05, 4.69) is 4.99 Å². The molecule has 7 rings (SSSR count). The number of hydrogen-bond acceptors (Lipinski definition) is 7. The number of nitrogens with zero attached hydrogens (tertiary/aromatic N) is 4. The maximum Gasteiger partial charge on any atom is 0.266 e. The molecule has 5 aromatic rings. The summed E-state index contributed by atoms with van der Waals surface area (Å²) in [5.41, 5.74) is 3.33. The summed E-state index contributed by atoms with van der Waals surface area (Å²) in [7, 11) is 1.56. The molecule has 2 aliphatic heterocycles. The van der Waals surface area contributed by atoms with Crippen LogP contribution in [0.25, 0.3) is 28.7 Å². The SMILES string of the molecule is COc1cc2c(cc1OCCCOc1ccc(-n3c(/C=C/c4ccccc4)nc4ccccc4c3=O)cc1)N=C[C@@H]1CCCN1C2=O. The smallest absolute Gasteiger partial charge is 0.266 e. The number of aliphatic imine (C=N–C) groups is 1. The molecule has 0 spiro atoms. The highest BCUT2D eigenvalue weighted by Crippen LogP contribution is 2.38. The summed E-state index contributed by atoms with van der Waals surface area (Å²) in [4.78, 5) is 38.0. The average molecular weight is 627 g/mol. The lowest BCUT2D eigenvalue weighted by Crippen LogP contribution is -2.35. The quantitative estimate of drug-likeness (QED) is 0.160. The zero-order valence-electron chi connectivity index (χ0n) is 26.0. The fourth-order valence-electron chi connectivity index (χ4n) is 5.99. The minimum absolute atomic E-state index is 0.0223. The van der Waals surface area contributed by atoms with Crippen molar-refractivity contribution in [3.8, 4) is 22.9 Å². The molecule has 1 fully saturated rings. The number of aromatic nitrogens is 2. The van der Waals surface area contributed by atoms with E-state index in [0.29, 0.717) is 70.5 Å². The Morgan fingerprint density at radius 1 is 0.872 bits per heavy atom. The maximum atomic E-state index is 13.6.